The maximum atomic E-state index is 13.0. The van der Waals surface area contributed by atoms with Crippen molar-refractivity contribution in [3.63, 3.8) is 0 Å². The zero-order valence-electron chi connectivity index (χ0n) is 14.9. The van der Waals surface area contributed by atoms with Gasteiger partial charge in [-0.1, -0.05) is 12.1 Å². The van der Waals surface area contributed by atoms with Crippen LogP contribution in [-0.4, -0.2) is 25.5 Å². The molecule has 1 heterocycles. The zero-order valence-corrected chi connectivity index (χ0v) is 14.9. The summed E-state index contributed by atoms with van der Waals surface area (Å²) in [6.07, 6.45) is 1.78. The minimum absolute atomic E-state index is 0.209. The number of hydrogen-bond acceptors (Lipinski definition) is 3. The van der Waals surface area contributed by atoms with E-state index in [0.717, 1.165) is 42.0 Å². The summed E-state index contributed by atoms with van der Waals surface area (Å²) in [6, 6.07) is 13.3. The van der Waals surface area contributed by atoms with E-state index in [1.165, 1.54) is 0 Å². The number of urea groups is 1. The van der Waals surface area contributed by atoms with E-state index >= 15 is 0 Å². The van der Waals surface area contributed by atoms with Gasteiger partial charge in [0.2, 0.25) is 0 Å². The predicted molar refractivity (Wildman–Crippen MR) is 102 cm³/mol. The molecule has 0 spiro atoms. The van der Waals surface area contributed by atoms with Crippen molar-refractivity contribution < 1.29 is 9.53 Å². The third kappa shape index (κ3) is 3.99. The lowest BCUT2D eigenvalue weighted by Gasteiger charge is -2.24. The van der Waals surface area contributed by atoms with Gasteiger partial charge in [-0.3, -0.25) is 9.89 Å². The van der Waals surface area contributed by atoms with Crippen molar-refractivity contribution in [1.29, 1.82) is 0 Å². The fourth-order valence-corrected chi connectivity index (χ4v) is 3.05. The molecule has 0 saturated heterocycles. The first-order valence-corrected chi connectivity index (χ1v) is 8.43. The van der Waals surface area contributed by atoms with Gasteiger partial charge < -0.3 is 10.1 Å². The van der Waals surface area contributed by atoms with E-state index in [4.69, 9.17) is 4.74 Å². The Kier molecular flexibility index (Phi) is 5.03. The molecule has 1 aliphatic rings. The average Bonchev–Trinajstić information content (AvgIpc) is 3.08. The third-order valence-electron chi connectivity index (χ3n) is 4.10. The summed E-state index contributed by atoms with van der Waals surface area (Å²) in [5, 5.41) is 2.96. The number of amidine groups is 1. The van der Waals surface area contributed by atoms with Gasteiger partial charge in [-0.15, -0.1) is 0 Å². The summed E-state index contributed by atoms with van der Waals surface area (Å²) in [5.74, 6) is 1.51. The maximum absolute atomic E-state index is 13.0. The molecule has 25 heavy (non-hydrogen) atoms. The van der Waals surface area contributed by atoms with Gasteiger partial charge in [0.25, 0.3) is 0 Å². The quantitative estimate of drug-likeness (QED) is 0.894. The molecule has 2 aromatic rings. The van der Waals surface area contributed by atoms with E-state index in [-0.39, 0.29) is 6.03 Å². The second kappa shape index (κ2) is 7.38. The Labute approximate surface area is 148 Å². The van der Waals surface area contributed by atoms with Crippen molar-refractivity contribution >= 4 is 23.2 Å². The van der Waals surface area contributed by atoms with E-state index in [1.54, 1.807) is 18.1 Å². The number of anilines is 2. The number of amides is 2. The normalized spacial score (nSPS) is 13.3. The molecule has 0 atom stereocenters. The Balaban J connectivity index is 1.92. The minimum Gasteiger partial charge on any atom is -0.497 e. The number of carbonyl (C=O) groups is 1. The molecule has 0 fully saturated rings. The molecule has 3 rings (SSSR count). The van der Waals surface area contributed by atoms with Gasteiger partial charge in [0.05, 0.1) is 12.8 Å². The first-order chi connectivity index (χ1) is 12.1. The Morgan fingerprint density at radius 3 is 2.56 bits per heavy atom. The second-order valence-electron chi connectivity index (χ2n) is 6.24. The minimum atomic E-state index is -0.209. The van der Waals surface area contributed by atoms with Gasteiger partial charge in [0.1, 0.15) is 11.6 Å². The van der Waals surface area contributed by atoms with Gasteiger partial charge in [-0.05, 0) is 55.7 Å². The van der Waals surface area contributed by atoms with E-state index < -0.39 is 0 Å². The van der Waals surface area contributed by atoms with Crippen molar-refractivity contribution in [3.05, 3.63) is 53.6 Å². The Hall–Kier alpha value is -2.82. The van der Waals surface area contributed by atoms with Crippen LogP contribution in [0.4, 0.5) is 16.2 Å². The van der Waals surface area contributed by atoms with Crippen LogP contribution in [0.3, 0.4) is 0 Å². The summed E-state index contributed by atoms with van der Waals surface area (Å²) in [4.78, 5) is 19.2. The maximum Gasteiger partial charge on any atom is 0.331 e. The number of carbonyl (C=O) groups excluding carboxylic acids is 1. The number of hydrogen-bond donors (Lipinski definition) is 1. The van der Waals surface area contributed by atoms with Crippen molar-refractivity contribution in [1.82, 2.24) is 0 Å². The number of nitrogens with zero attached hydrogens (tertiary/aromatic N) is 2. The number of benzene rings is 2. The van der Waals surface area contributed by atoms with Crippen LogP contribution in [0.25, 0.3) is 0 Å². The SMILES string of the molecule is COc1cccc(NC(=O)N(C2=NCCC2)c2cc(C)cc(C)c2)c1. The lowest BCUT2D eigenvalue weighted by molar-refractivity contribution is 0.259. The van der Waals surface area contributed by atoms with Crippen LogP contribution in [0.1, 0.15) is 24.0 Å². The number of nitrogens with one attached hydrogen (secondary N) is 1. The van der Waals surface area contributed by atoms with Crippen LogP contribution in [0, 0.1) is 13.8 Å². The molecule has 0 bridgehead atoms. The van der Waals surface area contributed by atoms with Crippen LogP contribution in [0.5, 0.6) is 5.75 Å². The van der Waals surface area contributed by atoms with Crippen LogP contribution >= 0.6 is 0 Å². The lowest BCUT2D eigenvalue weighted by Crippen LogP contribution is -2.39. The van der Waals surface area contributed by atoms with Crippen molar-refractivity contribution in [2.75, 3.05) is 23.9 Å². The van der Waals surface area contributed by atoms with Crippen LogP contribution < -0.4 is 15.0 Å². The highest BCUT2D eigenvalue weighted by molar-refractivity contribution is 6.20. The summed E-state index contributed by atoms with van der Waals surface area (Å²) in [7, 11) is 1.61. The molecule has 1 N–H and O–H groups in total. The van der Waals surface area contributed by atoms with Gasteiger partial charge in [0.15, 0.2) is 0 Å². The molecule has 2 amide bonds. The van der Waals surface area contributed by atoms with Gasteiger partial charge in [-0.2, -0.15) is 0 Å². The molecule has 5 heteroatoms. The smallest absolute Gasteiger partial charge is 0.331 e. The topological polar surface area (TPSA) is 53.9 Å². The third-order valence-corrected chi connectivity index (χ3v) is 4.10. The highest BCUT2D eigenvalue weighted by Crippen LogP contribution is 2.24. The molecule has 5 nitrogen and oxygen atoms in total. The summed E-state index contributed by atoms with van der Waals surface area (Å²) < 4.78 is 5.22. The summed E-state index contributed by atoms with van der Waals surface area (Å²) in [6.45, 7) is 4.83. The van der Waals surface area contributed by atoms with Crippen molar-refractivity contribution in [3.8, 4) is 5.75 Å². The molecular weight excluding hydrogens is 314 g/mol. The number of ether oxygens (including phenoxy) is 1. The number of methoxy groups -OCH3 is 1. The molecule has 2 aromatic carbocycles. The van der Waals surface area contributed by atoms with Crippen LogP contribution in [0.2, 0.25) is 0 Å². The first-order valence-electron chi connectivity index (χ1n) is 8.43. The molecule has 0 aromatic heterocycles. The lowest BCUT2D eigenvalue weighted by atomic mass is 10.1. The predicted octanol–water partition coefficient (Wildman–Crippen LogP) is 4.54. The first kappa shape index (κ1) is 17.0. The monoisotopic (exact) mass is 337 g/mol. The summed E-state index contributed by atoms with van der Waals surface area (Å²) in [5.41, 5.74) is 3.77. The molecule has 0 unspecified atom stereocenters. The van der Waals surface area contributed by atoms with E-state index in [1.807, 2.05) is 44.2 Å². The molecule has 0 aliphatic carbocycles. The van der Waals surface area contributed by atoms with E-state index in [2.05, 4.69) is 16.4 Å². The Bertz CT molecular complexity index is 794. The fraction of sp³-hybridized carbons (Fsp3) is 0.300. The van der Waals surface area contributed by atoms with Gasteiger partial charge >= 0.3 is 6.03 Å². The largest absolute Gasteiger partial charge is 0.497 e. The highest BCUT2D eigenvalue weighted by atomic mass is 16.5. The highest BCUT2D eigenvalue weighted by Gasteiger charge is 2.24. The Morgan fingerprint density at radius 1 is 1.16 bits per heavy atom. The van der Waals surface area contributed by atoms with Gasteiger partial charge in [0, 0.05) is 24.7 Å². The average molecular weight is 337 g/mol. The molecule has 0 radical (unpaired) electrons. The van der Waals surface area contributed by atoms with Crippen LogP contribution in [0.15, 0.2) is 47.5 Å². The molecular formula is C20H23N3O2. The number of aryl methyl sites for hydroxylation is 2. The molecule has 1 aliphatic heterocycles. The Morgan fingerprint density at radius 2 is 1.92 bits per heavy atom. The molecule has 0 saturated carbocycles. The van der Waals surface area contributed by atoms with Crippen molar-refractivity contribution in [2.24, 2.45) is 4.99 Å². The zero-order chi connectivity index (χ0) is 17.8. The standard InChI is InChI=1S/C20H23N3O2/c1-14-10-15(2)12-17(11-14)23(19-8-5-9-21-19)20(24)22-16-6-4-7-18(13-16)25-3/h4,6-7,10-13H,5,8-9H2,1-3H3,(H,22,24). The van der Waals surface area contributed by atoms with Crippen molar-refractivity contribution in [2.45, 2.75) is 26.7 Å². The van der Waals surface area contributed by atoms with E-state index in [9.17, 15) is 4.79 Å². The van der Waals surface area contributed by atoms with Gasteiger partial charge in [-0.25, -0.2) is 4.79 Å². The number of rotatable bonds is 3. The van der Waals surface area contributed by atoms with E-state index in [0.29, 0.717) is 11.4 Å². The molecule has 130 valence electrons. The fourth-order valence-electron chi connectivity index (χ4n) is 3.05. The summed E-state index contributed by atoms with van der Waals surface area (Å²) >= 11 is 0. The second-order valence-corrected chi connectivity index (χ2v) is 6.24. The van der Waals surface area contributed by atoms with Crippen LogP contribution in [-0.2, 0) is 0 Å². The number of aliphatic imine (C=N–C) groups is 1.